The third-order valence-corrected chi connectivity index (χ3v) is 4.34. The van der Waals surface area contributed by atoms with Crippen LogP contribution < -0.4 is 0 Å². The highest BCUT2D eigenvalue weighted by Gasteiger charge is 2.14. The Morgan fingerprint density at radius 3 is 1.92 bits per heavy atom. The second-order valence-corrected chi connectivity index (χ2v) is 6.05. The maximum Gasteiger partial charge on any atom is 0.0714 e. The van der Waals surface area contributed by atoms with E-state index in [1.165, 1.54) is 22.3 Å². The monoisotopic (exact) mass is 322 g/mol. The van der Waals surface area contributed by atoms with Gasteiger partial charge in [0.1, 0.15) is 0 Å². The average molecular weight is 322 g/mol. The van der Waals surface area contributed by atoms with Crippen molar-refractivity contribution in [2.75, 3.05) is 0 Å². The summed E-state index contributed by atoms with van der Waals surface area (Å²) in [6.45, 7) is 2.11. The first-order chi connectivity index (χ1) is 12.3. The lowest BCUT2D eigenvalue weighted by Gasteiger charge is -2.15. The summed E-state index contributed by atoms with van der Waals surface area (Å²) in [5.41, 5.74) is 8.08. The van der Waals surface area contributed by atoms with E-state index >= 15 is 0 Å². The van der Waals surface area contributed by atoms with Gasteiger partial charge in [-0.15, -0.1) is 0 Å². The summed E-state index contributed by atoms with van der Waals surface area (Å²) in [7, 11) is 0. The van der Waals surface area contributed by atoms with Crippen LogP contribution >= 0.6 is 0 Å². The zero-order valence-electron chi connectivity index (χ0n) is 14.1. The molecular weight excluding hydrogens is 304 g/mol. The van der Waals surface area contributed by atoms with Crippen molar-refractivity contribution in [1.82, 2.24) is 9.97 Å². The Hall–Kier alpha value is -3.26. The van der Waals surface area contributed by atoms with Gasteiger partial charge in [-0.2, -0.15) is 0 Å². The van der Waals surface area contributed by atoms with E-state index in [1.54, 1.807) is 0 Å². The van der Waals surface area contributed by atoms with Gasteiger partial charge in [-0.05, 0) is 53.4 Å². The first kappa shape index (κ1) is 15.3. The van der Waals surface area contributed by atoms with Crippen molar-refractivity contribution in [3.63, 3.8) is 0 Å². The molecule has 2 nitrogen and oxygen atoms in total. The van der Waals surface area contributed by atoms with E-state index in [4.69, 9.17) is 0 Å². The van der Waals surface area contributed by atoms with Gasteiger partial charge >= 0.3 is 0 Å². The number of nitrogens with zero attached hydrogens (tertiary/aromatic N) is 2. The highest BCUT2D eigenvalue weighted by atomic mass is 14.7. The SMILES string of the molecule is Cc1ccc(-c2cccc(-c3ccncc3)c2-c2ccccn2)cc1. The Kier molecular flexibility index (Phi) is 4.09. The molecule has 0 amide bonds. The van der Waals surface area contributed by atoms with E-state index in [9.17, 15) is 0 Å². The third kappa shape index (κ3) is 3.07. The first-order valence-electron chi connectivity index (χ1n) is 8.35. The van der Waals surface area contributed by atoms with Crippen LogP contribution in [0.15, 0.2) is 91.4 Å². The van der Waals surface area contributed by atoms with E-state index < -0.39 is 0 Å². The van der Waals surface area contributed by atoms with E-state index in [0.717, 1.165) is 16.8 Å². The van der Waals surface area contributed by atoms with Crippen LogP contribution in [0, 0.1) is 6.92 Å². The number of rotatable bonds is 3. The number of hydrogen-bond donors (Lipinski definition) is 0. The Morgan fingerprint density at radius 2 is 1.28 bits per heavy atom. The second kappa shape index (κ2) is 6.70. The Labute approximate surface area is 147 Å². The molecule has 2 aromatic carbocycles. The normalized spacial score (nSPS) is 10.6. The summed E-state index contributed by atoms with van der Waals surface area (Å²) in [5.74, 6) is 0. The third-order valence-electron chi connectivity index (χ3n) is 4.34. The molecule has 0 aliphatic heterocycles. The van der Waals surface area contributed by atoms with Gasteiger partial charge < -0.3 is 0 Å². The van der Waals surface area contributed by atoms with Gasteiger partial charge in [0.25, 0.3) is 0 Å². The standard InChI is InChI=1S/C23H18N2/c1-17-8-10-18(11-9-17)20-5-4-6-21(19-12-15-24-16-13-19)23(20)22-7-2-3-14-25-22/h2-16H,1H3. The summed E-state index contributed by atoms with van der Waals surface area (Å²) in [5, 5.41) is 0. The molecule has 120 valence electrons. The fourth-order valence-electron chi connectivity index (χ4n) is 3.08. The van der Waals surface area contributed by atoms with Crippen molar-refractivity contribution >= 4 is 0 Å². The lowest BCUT2D eigenvalue weighted by molar-refractivity contribution is 1.31. The van der Waals surface area contributed by atoms with Gasteiger partial charge in [0, 0.05) is 24.2 Å². The van der Waals surface area contributed by atoms with Gasteiger partial charge in [0.05, 0.1) is 5.69 Å². The van der Waals surface area contributed by atoms with Crippen molar-refractivity contribution < 1.29 is 0 Å². The molecule has 0 spiro atoms. The minimum absolute atomic E-state index is 0.977. The zero-order chi connectivity index (χ0) is 17.1. The van der Waals surface area contributed by atoms with Crippen LogP contribution in [0.25, 0.3) is 33.5 Å². The van der Waals surface area contributed by atoms with E-state index in [-0.39, 0.29) is 0 Å². The number of aromatic nitrogens is 2. The Balaban J connectivity index is 2.00. The van der Waals surface area contributed by atoms with Gasteiger partial charge in [0.2, 0.25) is 0 Å². The van der Waals surface area contributed by atoms with Crippen molar-refractivity contribution in [2.45, 2.75) is 6.92 Å². The lowest BCUT2D eigenvalue weighted by atomic mass is 9.90. The molecule has 2 aromatic heterocycles. The number of hydrogen-bond acceptors (Lipinski definition) is 2. The smallest absolute Gasteiger partial charge is 0.0714 e. The molecule has 0 radical (unpaired) electrons. The maximum absolute atomic E-state index is 4.62. The van der Waals surface area contributed by atoms with Crippen molar-refractivity contribution in [1.29, 1.82) is 0 Å². The van der Waals surface area contributed by atoms with Crippen LogP contribution in [-0.2, 0) is 0 Å². The molecule has 0 atom stereocenters. The van der Waals surface area contributed by atoms with Crippen LogP contribution in [-0.4, -0.2) is 9.97 Å². The molecule has 0 saturated heterocycles. The highest BCUT2D eigenvalue weighted by Crippen LogP contribution is 2.38. The topological polar surface area (TPSA) is 25.8 Å². The first-order valence-corrected chi connectivity index (χ1v) is 8.35. The molecule has 4 aromatic rings. The molecule has 0 aliphatic rings. The van der Waals surface area contributed by atoms with Crippen LogP contribution in [0.5, 0.6) is 0 Å². The van der Waals surface area contributed by atoms with Crippen molar-refractivity contribution in [3.05, 3.63) is 97.0 Å². The van der Waals surface area contributed by atoms with Crippen molar-refractivity contribution in [3.8, 4) is 33.5 Å². The lowest BCUT2D eigenvalue weighted by Crippen LogP contribution is -1.92. The molecule has 0 N–H and O–H groups in total. The van der Waals surface area contributed by atoms with Gasteiger partial charge in [-0.1, -0.05) is 54.1 Å². The molecule has 0 saturated carbocycles. The predicted octanol–water partition coefficient (Wildman–Crippen LogP) is 5.79. The highest BCUT2D eigenvalue weighted by molar-refractivity contribution is 5.93. The van der Waals surface area contributed by atoms with Crippen molar-refractivity contribution in [2.24, 2.45) is 0 Å². The summed E-state index contributed by atoms with van der Waals surface area (Å²) in [6, 6.07) is 25.2. The summed E-state index contributed by atoms with van der Waals surface area (Å²) < 4.78 is 0. The fraction of sp³-hybridized carbons (Fsp3) is 0.0435. The summed E-state index contributed by atoms with van der Waals surface area (Å²) >= 11 is 0. The Bertz CT molecular complexity index is 975. The van der Waals surface area contributed by atoms with Crippen LogP contribution in [0.1, 0.15) is 5.56 Å². The molecule has 4 rings (SSSR count). The molecule has 0 aliphatic carbocycles. The predicted molar refractivity (Wildman–Crippen MR) is 103 cm³/mol. The molecule has 0 fully saturated rings. The Morgan fingerprint density at radius 1 is 0.600 bits per heavy atom. The quantitative estimate of drug-likeness (QED) is 0.477. The maximum atomic E-state index is 4.62. The van der Waals surface area contributed by atoms with E-state index in [0.29, 0.717) is 0 Å². The van der Waals surface area contributed by atoms with Gasteiger partial charge in [0.15, 0.2) is 0 Å². The van der Waals surface area contributed by atoms with E-state index in [2.05, 4.69) is 65.4 Å². The van der Waals surface area contributed by atoms with E-state index in [1.807, 2.05) is 42.9 Å². The molecular formula is C23H18N2. The molecule has 2 heterocycles. The minimum Gasteiger partial charge on any atom is -0.265 e. The fourth-order valence-corrected chi connectivity index (χ4v) is 3.08. The molecule has 0 unspecified atom stereocenters. The number of benzene rings is 2. The summed E-state index contributed by atoms with van der Waals surface area (Å²) in [4.78, 5) is 8.77. The molecule has 25 heavy (non-hydrogen) atoms. The number of pyridine rings is 2. The number of aryl methyl sites for hydroxylation is 1. The zero-order valence-corrected chi connectivity index (χ0v) is 14.1. The minimum atomic E-state index is 0.977. The average Bonchev–Trinajstić information content (AvgIpc) is 2.69. The van der Waals surface area contributed by atoms with Crippen LogP contribution in [0.2, 0.25) is 0 Å². The second-order valence-electron chi connectivity index (χ2n) is 6.05. The largest absolute Gasteiger partial charge is 0.265 e. The van der Waals surface area contributed by atoms with Crippen LogP contribution in [0.3, 0.4) is 0 Å². The van der Waals surface area contributed by atoms with Gasteiger partial charge in [-0.25, -0.2) is 0 Å². The van der Waals surface area contributed by atoms with Gasteiger partial charge in [-0.3, -0.25) is 9.97 Å². The molecule has 2 heteroatoms. The van der Waals surface area contributed by atoms with Crippen LogP contribution in [0.4, 0.5) is 0 Å². The molecule has 0 bridgehead atoms. The summed E-state index contributed by atoms with van der Waals surface area (Å²) in [6.07, 6.45) is 5.50.